The second-order valence-electron chi connectivity index (χ2n) is 6.72. The van der Waals surface area contributed by atoms with Gasteiger partial charge in [-0.15, -0.1) is 0 Å². The van der Waals surface area contributed by atoms with Crippen LogP contribution < -0.4 is 0 Å². The van der Waals surface area contributed by atoms with Gasteiger partial charge in [0.1, 0.15) is 0 Å². The summed E-state index contributed by atoms with van der Waals surface area (Å²) >= 11 is -1.39. The molecule has 1 aliphatic heterocycles. The molecule has 1 saturated heterocycles. The molecule has 0 radical (unpaired) electrons. The maximum absolute atomic E-state index is 12.2. The van der Waals surface area contributed by atoms with Crippen LogP contribution in [0.25, 0.3) is 0 Å². The number of nitrogens with zero attached hydrogens (tertiary/aromatic N) is 2. The molecule has 0 N–H and O–H groups in total. The van der Waals surface area contributed by atoms with E-state index in [1.165, 1.54) is 0 Å². The van der Waals surface area contributed by atoms with Crippen LogP contribution in [0, 0.1) is 5.92 Å². The Kier molecular flexibility index (Phi) is 7.92. The average Bonchev–Trinajstić information content (AvgIpc) is 2.42. The fraction of sp³-hybridized carbons (Fsp3) is 0.938. The van der Waals surface area contributed by atoms with E-state index in [2.05, 4.69) is 54.3 Å². The van der Waals surface area contributed by atoms with Crippen molar-refractivity contribution in [2.24, 2.45) is 5.92 Å². The van der Waals surface area contributed by atoms with E-state index in [9.17, 15) is 4.79 Å². The van der Waals surface area contributed by atoms with E-state index in [0.717, 1.165) is 26.2 Å². The van der Waals surface area contributed by atoms with Crippen LogP contribution >= 0.6 is 19.8 Å². The summed E-state index contributed by atoms with van der Waals surface area (Å²) in [4.78, 5) is 21.1. The number of rotatable bonds is 6. The first-order valence-corrected chi connectivity index (χ1v) is 13.3. The van der Waals surface area contributed by atoms with E-state index in [4.69, 9.17) is 4.74 Å². The van der Waals surface area contributed by atoms with Gasteiger partial charge in [-0.2, -0.15) is 0 Å². The van der Waals surface area contributed by atoms with Crippen molar-refractivity contribution in [3.05, 3.63) is 0 Å². The molecule has 0 aliphatic carbocycles. The number of hydrogen-bond acceptors (Lipinski definition) is 3. The Balaban J connectivity index is 2.51. The van der Waals surface area contributed by atoms with Crippen LogP contribution in [-0.4, -0.2) is 68.0 Å². The number of ether oxygens (including phenoxy) is 1. The number of piperazine rings is 1. The molecule has 0 unspecified atom stereocenters. The molecule has 126 valence electrons. The molecule has 1 rings (SSSR count). The first kappa shape index (κ1) is 19.2. The van der Waals surface area contributed by atoms with Crippen molar-refractivity contribution in [2.75, 3.05) is 36.1 Å². The Labute approximate surface area is 138 Å². The zero-order valence-corrected chi connectivity index (χ0v) is 16.9. The van der Waals surface area contributed by atoms with E-state index in [-0.39, 0.29) is 6.10 Å². The molecular weight excluding hydrogens is 379 g/mol. The molecule has 3 atom stereocenters. The van der Waals surface area contributed by atoms with Crippen LogP contribution in [0.15, 0.2) is 0 Å². The van der Waals surface area contributed by atoms with Crippen molar-refractivity contribution in [2.45, 2.75) is 52.8 Å². The predicted molar refractivity (Wildman–Crippen MR) is 98.7 cm³/mol. The van der Waals surface area contributed by atoms with Crippen LogP contribution in [0.3, 0.4) is 0 Å². The second kappa shape index (κ2) is 8.67. The van der Waals surface area contributed by atoms with E-state index in [1.54, 1.807) is 0 Å². The summed E-state index contributed by atoms with van der Waals surface area (Å²) in [5.41, 5.74) is 0. The molecule has 0 spiro atoms. The summed E-state index contributed by atoms with van der Waals surface area (Å²) in [5, 5.41) is 0. The first-order chi connectivity index (χ1) is 9.73. The molecule has 1 aliphatic rings. The summed E-state index contributed by atoms with van der Waals surface area (Å²) < 4.78 is 6.39. The Bertz CT molecular complexity index is 336. The van der Waals surface area contributed by atoms with Crippen molar-refractivity contribution < 1.29 is 9.53 Å². The summed E-state index contributed by atoms with van der Waals surface area (Å²) in [6.45, 7) is 14.6. The minimum absolute atomic E-state index is 0.238. The fourth-order valence-electron chi connectivity index (χ4n) is 2.61. The molecular formula is C16H33IN2O2. The molecule has 0 bridgehead atoms. The molecule has 5 heteroatoms. The van der Waals surface area contributed by atoms with Crippen molar-refractivity contribution in [3.63, 3.8) is 0 Å². The Morgan fingerprint density at radius 1 is 1.24 bits per heavy atom. The molecule has 0 aromatic carbocycles. The zero-order chi connectivity index (χ0) is 16.2. The molecule has 0 saturated carbocycles. The third kappa shape index (κ3) is 5.67. The van der Waals surface area contributed by atoms with E-state index in [1.807, 2.05) is 0 Å². The van der Waals surface area contributed by atoms with Gasteiger partial charge in [0.15, 0.2) is 0 Å². The third-order valence-electron chi connectivity index (χ3n) is 4.16. The summed E-state index contributed by atoms with van der Waals surface area (Å²) in [5.74, 6) is 0.574. The number of halogens is 1. The van der Waals surface area contributed by atoms with Gasteiger partial charge in [-0.05, 0) is 0 Å². The number of alkyl halides is 2. The molecule has 0 aromatic heterocycles. The molecule has 1 heterocycles. The van der Waals surface area contributed by atoms with Crippen LogP contribution in [0.2, 0.25) is 0 Å². The van der Waals surface area contributed by atoms with Crippen molar-refractivity contribution in [1.82, 2.24) is 9.80 Å². The van der Waals surface area contributed by atoms with Gasteiger partial charge in [0.2, 0.25) is 0 Å². The minimum atomic E-state index is -1.39. The van der Waals surface area contributed by atoms with E-state index in [0.29, 0.717) is 21.9 Å². The van der Waals surface area contributed by atoms with E-state index >= 15 is 0 Å². The quantitative estimate of drug-likeness (QED) is 0.290. The monoisotopic (exact) mass is 412 g/mol. The maximum atomic E-state index is 12.2. The second-order valence-corrected chi connectivity index (χ2v) is 12.0. The van der Waals surface area contributed by atoms with Gasteiger partial charge in [0, 0.05) is 0 Å². The average molecular weight is 412 g/mol. The zero-order valence-electron chi connectivity index (χ0n) is 14.7. The van der Waals surface area contributed by atoms with Crippen molar-refractivity contribution in [1.29, 1.82) is 0 Å². The summed E-state index contributed by atoms with van der Waals surface area (Å²) in [6, 6.07) is 0.729. The van der Waals surface area contributed by atoms with Crippen LogP contribution in [0.5, 0.6) is 0 Å². The number of hydrogen-bond donors (Lipinski definition) is 0. The fourth-order valence-corrected chi connectivity index (χ4v) is 4.57. The SMILES string of the molecule is CC(C)CO[C@H](C)[C@@H](C)N1CCN(C(=O)I(C)C)[C@H](C)C1. The van der Waals surface area contributed by atoms with Crippen LogP contribution in [-0.2, 0) is 4.74 Å². The van der Waals surface area contributed by atoms with Crippen LogP contribution in [0.1, 0.15) is 34.6 Å². The standard InChI is InChI=1S/C16H33IN2O2/c1-12(2)11-21-15(5)14(4)18-8-9-19(13(3)10-18)16(20)17(6)7/h12-15H,8-11H2,1-7H3/t13-,14-,15-/m1/s1. The predicted octanol–water partition coefficient (Wildman–Crippen LogP) is 3.33. The number of carbonyl (C=O) groups is 1. The van der Waals surface area contributed by atoms with Gasteiger partial charge in [-0.25, -0.2) is 0 Å². The van der Waals surface area contributed by atoms with Crippen molar-refractivity contribution in [3.8, 4) is 0 Å². The molecule has 1 fully saturated rings. The Morgan fingerprint density at radius 3 is 2.33 bits per heavy atom. The molecule has 0 aromatic rings. The first-order valence-electron chi connectivity index (χ1n) is 7.90. The van der Waals surface area contributed by atoms with Gasteiger partial charge < -0.3 is 0 Å². The van der Waals surface area contributed by atoms with Gasteiger partial charge in [0.25, 0.3) is 0 Å². The number of carbonyl (C=O) groups excluding carboxylic acids is 1. The van der Waals surface area contributed by atoms with Gasteiger partial charge in [-0.3, -0.25) is 0 Å². The Hall–Kier alpha value is 0.120. The molecule has 1 amide bonds. The third-order valence-corrected chi connectivity index (χ3v) is 6.62. The normalized spacial score (nSPS) is 24.1. The van der Waals surface area contributed by atoms with Crippen LogP contribution in [0.4, 0.5) is 4.79 Å². The topological polar surface area (TPSA) is 32.8 Å². The van der Waals surface area contributed by atoms with Gasteiger partial charge in [-0.1, -0.05) is 0 Å². The molecule has 21 heavy (non-hydrogen) atoms. The van der Waals surface area contributed by atoms with E-state index < -0.39 is 19.8 Å². The summed E-state index contributed by atoms with van der Waals surface area (Å²) in [6.07, 6.45) is 0.238. The van der Waals surface area contributed by atoms with Gasteiger partial charge >= 0.3 is 138 Å². The number of amides is 1. The molecule has 4 nitrogen and oxygen atoms in total. The van der Waals surface area contributed by atoms with Gasteiger partial charge in [0.05, 0.1) is 0 Å². The summed E-state index contributed by atoms with van der Waals surface area (Å²) in [7, 11) is 0. The Morgan fingerprint density at radius 2 is 1.86 bits per heavy atom. The van der Waals surface area contributed by atoms with Crippen molar-refractivity contribution >= 4 is 23.7 Å².